The summed E-state index contributed by atoms with van der Waals surface area (Å²) in [5, 5.41) is 22.6. The van der Waals surface area contributed by atoms with Gasteiger partial charge in [0.25, 0.3) is 5.91 Å². The third-order valence-corrected chi connectivity index (χ3v) is 2.59. The van der Waals surface area contributed by atoms with Gasteiger partial charge in [-0.2, -0.15) is 5.10 Å². The molecule has 0 atom stereocenters. The number of hydrogen-bond acceptors (Lipinski definition) is 5. The third-order valence-electron chi connectivity index (χ3n) is 2.59. The molecular formula is C14H13N3O3. The Hall–Kier alpha value is -2.89. The van der Waals surface area contributed by atoms with Gasteiger partial charge in [0.1, 0.15) is 11.5 Å². The minimum absolute atomic E-state index is 0.0281. The number of rotatable bonds is 3. The van der Waals surface area contributed by atoms with Crippen LogP contribution in [0.15, 0.2) is 47.7 Å². The summed E-state index contributed by atoms with van der Waals surface area (Å²) in [6, 6.07) is 9.07. The largest absolute Gasteiger partial charge is 0.508 e. The number of carbonyl (C=O) groups is 1. The maximum absolute atomic E-state index is 11.8. The van der Waals surface area contributed by atoms with E-state index in [4.69, 9.17) is 5.11 Å². The van der Waals surface area contributed by atoms with Crippen LogP contribution in [0.1, 0.15) is 23.0 Å². The summed E-state index contributed by atoms with van der Waals surface area (Å²) in [5.41, 5.74) is 3.53. The summed E-state index contributed by atoms with van der Waals surface area (Å²) in [6.45, 7) is 1.71. The monoisotopic (exact) mass is 271 g/mol. The molecule has 1 aromatic carbocycles. The lowest BCUT2D eigenvalue weighted by Crippen LogP contribution is -2.19. The smallest absolute Gasteiger partial charge is 0.275 e. The van der Waals surface area contributed by atoms with E-state index in [0.717, 1.165) is 6.07 Å². The average Bonchev–Trinajstić information content (AvgIpc) is 2.45. The van der Waals surface area contributed by atoms with Crippen molar-refractivity contribution in [2.24, 2.45) is 5.10 Å². The third kappa shape index (κ3) is 3.11. The first-order chi connectivity index (χ1) is 9.58. The van der Waals surface area contributed by atoms with E-state index in [1.54, 1.807) is 25.3 Å². The number of hydrazone groups is 1. The van der Waals surface area contributed by atoms with Gasteiger partial charge in [-0.05, 0) is 31.2 Å². The van der Waals surface area contributed by atoms with Gasteiger partial charge in [-0.25, -0.2) is 5.43 Å². The molecular weight excluding hydrogens is 258 g/mol. The van der Waals surface area contributed by atoms with Crippen molar-refractivity contribution < 1.29 is 15.0 Å². The second kappa shape index (κ2) is 5.83. The molecule has 0 aliphatic heterocycles. The van der Waals surface area contributed by atoms with Crippen molar-refractivity contribution in [3.05, 3.63) is 53.9 Å². The van der Waals surface area contributed by atoms with Gasteiger partial charge in [0.05, 0.1) is 17.0 Å². The van der Waals surface area contributed by atoms with Crippen LogP contribution in [-0.4, -0.2) is 26.8 Å². The van der Waals surface area contributed by atoms with Crippen molar-refractivity contribution in [2.45, 2.75) is 6.92 Å². The summed E-state index contributed by atoms with van der Waals surface area (Å²) in [6.07, 6.45) is 1.63. The number of phenols is 2. The van der Waals surface area contributed by atoms with Crippen molar-refractivity contribution in [3.63, 3.8) is 0 Å². The first-order valence-corrected chi connectivity index (χ1v) is 5.86. The first kappa shape index (κ1) is 13.5. The minimum atomic E-state index is -0.571. The lowest BCUT2D eigenvalue weighted by molar-refractivity contribution is 0.0952. The fourth-order valence-electron chi connectivity index (χ4n) is 1.54. The van der Waals surface area contributed by atoms with Gasteiger partial charge >= 0.3 is 0 Å². The molecule has 2 rings (SSSR count). The number of phenolic OH excluding ortho intramolecular Hbond substituents is 2. The molecule has 0 fully saturated rings. The second-order valence-electron chi connectivity index (χ2n) is 4.05. The maximum Gasteiger partial charge on any atom is 0.275 e. The SMILES string of the molecule is C/C(=N/NC(=O)c1ccc(O)cc1O)c1ccccn1. The lowest BCUT2D eigenvalue weighted by Gasteiger charge is -2.04. The molecule has 0 spiro atoms. The van der Waals surface area contributed by atoms with Crippen molar-refractivity contribution >= 4 is 11.6 Å². The van der Waals surface area contributed by atoms with Crippen LogP contribution in [0, 0.1) is 0 Å². The highest BCUT2D eigenvalue weighted by Gasteiger charge is 2.11. The zero-order chi connectivity index (χ0) is 14.5. The molecule has 0 aliphatic carbocycles. The quantitative estimate of drug-likeness (QED) is 0.584. The van der Waals surface area contributed by atoms with E-state index in [0.29, 0.717) is 11.4 Å². The number of carbonyl (C=O) groups excluding carboxylic acids is 1. The molecule has 0 unspecified atom stereocenters. The van der Waals surface area contributed by atoms with Crippen LogP contribution in [0.2, 0.25) is 0 Å². The summed E-state index contributed by atoms with van der Waals surface area (Å²) in [4.78, 5) is 15.9. The number of hydrogen-bond donors (Lipinski definition) is 3. The van der Waals surface area contributed by atoms with Crippen LogP contribution in [0.5, 0.6) is 11.5 Å². The van der Waals surface area contributed by atoms with Gasteiger partial charge in [0.15, 0.2) is 0 Å². The van der Waals surface area contributed by atoms with E-state index in [-0.39, 0.29) is 17.1 Å². The molecule has 1 heterocycles. The summed E-state index contributed by atoms with van der Waals surface area (Å²) in [5.74, 6) is -1.00. The predicted molar refractivity (Wildman–Crippen MR) is 73.7 cm³/mol. The minimum Gasteiger partial charge on any atom is -0.508 e. The fraction of sp³-hybridized carbons (Fsp3) is 0.0714. The zero-order valence-corrected chi connectivity index (χ0v) is 10.7. The fourth-order valence-corrected chi connectivity index (χ4v) is 1.54. The Kier molecular flexibility index (Phi) is 3.95. The number of benzene rings is 1. The Bertz CT molecular complexity index is 654. The van der Waals surface area contributed by atoms with Gasteiger partial charge in [0.2, 0.25) is 0 Å². The van der Waals surface area contributed by atoms with Crippen LogP contribution in [0.4, 0.5) is 0 Å². The van der Waals surface area contributed by atoms with Gasteiger partial charge in [-0.15, -0.1) is 0 Å². The number of pyridine rings is 1. The summed E-state index contributed by atoms with van der Waals surface area (Å²) < 4.78 is 0. The molecule has 6 heteroatoms. The summed E-state index contributed by atoms with van der Waals surface area (Å²) >= 11 is 0. The molecule has 20 heavy (non-hydrogen) atoms. The topological polar surface area (TPSA) is 94.8 Å². The van der Waals surface area contributed by atoms with Gasteiger partial charge < -0.3 is 10.2 Å². The highest BCUT2D eigenvalue weighted by atomic mass is 16.3. The maximum atomic E-state index is 11.8. The molecule has 3 N–H and O–H groups in total. The number of nitrogens with zero attached hydrogens (tertiary/aromatic N) is 2. The molecule has 6 nitrogen and oxygen atoms in total. The van der Waals surface area contributed by atoms with E-state index in [1.165, 1.54) is 12.1 Å². The van der Waals surface area contributed by atoms with Crippen molar-refractivity contribution in [3.8, 4) is 11.5 Å². The molecule has 0 radical (unpaired) electrons. The van der Waals surface area contributed by atoms with Crippen LogP contribution < -0.4 is 5.43 Å². The van der Waals surface area contributed by atoms with Gasteiger partial charge in [0, 0.05) is 12.3 Å². The van der Waals surface area contributed by atoms with Crippen molar-refractivity contribution in [2.75, 3.05) is 0 Å². The Balaban J connectivity index is 2.12. The molecule has 102 valence electrons. The average molecular weight is 271 g/mol. The highest BCUT2D eigenvalue weighted by Crippen LogP contribution is 2.22. The van der Waals surface area contributed by atoms with Gasteiger partial charge in [-0.1, -0.05) is 6.07 Å². The van der Waals surface area contributed by atoms with Crippen LogP contribution in [0.25, 0.3) is 0 Å². The second-order valence-corrected chi connectivity index (χ2v) is 4.05. The number of amides is 1. The van der Waals surface area contributed by atoms with Crippen LogP contribution in [0.3, 0.4) is 0 Å². The molecule has 2 aromatic rings. The zero-order valence-electron chi connectivity index (χ0n) is 10.7. The van der Waals surface area contributed by atoms with E-state index in [2.05, 4.69) is 15.5 Å². The Morgan fingerprint density at radius 1 is 1.25 bits per heavy atom. The van der Waals surface area contributed by atoms with E-state index in [9.17, 15) is 9.90 Å². The van der Waals surface area contributed by atoms with Crippen molar-refractivity contribution in [1.82, 2.24) is 10.4 Å². The van der Waals surface area contributed by atoms with Crippen LogP contribution in [-0.2, 0) is 0 Å². The molecule has 0 bridgehead atoms. The molecule has 0 saturated heterocycles. The first-order valence-electron chi connectivity index (χ1n) is 5.86. The van der Waals surface area contributed by atoms with E-state index >= 15 is 0 Å². The lowest BCUT2D eigenvalue weighted by atomic mass is 10.2. The molecule has 1 amide bonds. The summed E-state index contributed by atoms with van der Waals surface area (Å²) in [7, 11) is 0. The highest BCUT2D eigenvalue weighted by molar-refractivity contribution is 6.00. The van der Waals surface area contributed by atoms with Crippen LogP contribution >= 0.6 is 0 Å². The Morgan fingerprint density at radius 2 is 2.05 bits per heavy atom. The molecule has 0 aliphatic rings. The van der Waals surface area contributed by atoms with Gasteiger partial charge in [-0.3, -0.25) is 9.78 Å². The van der Waals surface area contributed by atoms with E-state index in [1.807, 2.05) is 6.07 Å². The molecule has 0 saturated carbocycles. The predicted octanol–water partition coefficient (Wildman–Crippen LogP) is 1.65. The number of aromatic nitrogens is 1. The Labute approximate surface area is 115 Å². The van der Waals surface area contributed by atoms with E-state index < -0.39 is 5.91 Å². The standard InChI is InChI=1S/C14H13N3O3/c1-9(12-4-2-3-7-15-12)16-17-14(20)11-6-5-10(18)8-13(11)19/h2-8,18-19H,1H3,(H,17,20)/b16-9-. The number of nitrogens with one attached hydrogen (secondary N) is 1. The molecule has 1 aromatic heterocycles. The normalized spacial score (nSPS) is 11.2. The Morgan fingerprint density at radius 3 is 2.70 bits per heavy atom. The number of aromatic hydroxyl groups is 2. The van der Waals surface area contributed by atoms with Crippen molar-refractivity contribution in [1.29, 1.82) is 0 Å².